The van der Waals surface area contributed by atoms with Gasteiger partial charge in [0.1, 0.15) is 6.26 Å². The third-order valence-corrected chi connectivity index (χ3v) is 0.502. The molecule has 0 aliphatic heterocycles. The molecule has 0 aliphatic carbocycles. The fraction of sp³-hybridized carbons (Fsp3) is 0.250. The molecule has 4 heteroatoms. The van der Waals surface area contributed by atoms with Gasteiger partial charge in [-0.15, -0.1) is 5.06 Å². The van der Waals surface area contributed by atoms with Crippen LogP contribution in [0.2, 0.25) is 0 Å². The number of hydrogen-bond acceptors (Lipinski definition) is 2. The van der Waals surface area contributed by atoms with E-state index in [1.807, 2.05) is 0 Å². The normalized spacial score (nSPS) is 7.62. The highest BCUT2D eigenvalue weighted by molar-refractivity contribution is 5.63. The van der Waals surface area contributed by atoms with Crippen molar-refractivity contribution in [2.75, 3.05) is 7.05 Å². The van der Waals surface area contributed by atoms with Gasteiger partial charge in [-0.05, 0) is 0 Å². The topological polar surface area (TPSA) is 49.8 Å². The number of amides is 1. The van der Waals surface area contributed by atoms with Crippen LogP contribution >= 0.6 is 0 Å². The van der Waals surface area contributed by atoms with Crippen molar-refractivity contribution < 1.29 is 14.7 Å². The van der Waals surface area contributed by atoms with Crippen LogP contribution in [-0.2, 0) is 4.84 Å². The van der Waals surface area contributed by atoms with Crippen molar-refractivity contribution in [3.63, 3.8) is 0 Å². The minimum absolute atomic E-state index is 0.646. The van der Waals surface area contributed by atoms with Gasteiger partial charge in [-0.25, -0.2) is 4.79 Å². The molecule has 0 saturated heterocycles. The zero-order valence-electron chi connectivity index (χ0n) is 4.50. The second-order valence-corrected chi connectivity index (χ2v) is 1.05. The van der Waals surface area contributed by atoms with Crippen molar-refractivity contribution in [1.29, 1.82) is 0 Å². The van der Waals surface area contributed by atoms with E-state index >= 15 is 0 Å². The Bertz CT molecular complexity index is 101. The highest BCUT2D eigenvalue weighted by Crippen LogP contribution is 1.83. The highest BCUT2D eigenvalue weighted by Gasteiger charge is 2.01. The van der Waals surface area contributed by atoms with Crippen LogP contribution in [-0.4, -0.2) is 23.3 Å². The zero-order valence-corrected chi connectivity index (χ0v) is 4.50. The Morgan fingerprint density at radius 2 is 2.50 bits per heavy atom. The summed E-state index contributed by atoms with van der Waals surface area (Å²) in [6, 6.07) is 0. The first-order valence-electron chi connectivity index (χ1n) is 1.93. The lowest BCUT2D eigenvalue weighted by Gasteiger charge is -2.08. The molecule has 0 heterocycles. The SMILES string of the molecule is C=CON(C)C(=O)O. The molecule has 0 saturated carbocycles. The predicted octanol–water partition coefficient (Wildman–Crippen LogP) is 0.671. The highest BCUT2D eigenvalue weighted by atomic mass is 16.7. The fourth-order valence-corrected chi connectivity index (χ4v) is 0.157. The van der Waals surface area contributed by atoms with E-state index in [0.717, 1.165) is 6.26 Å². The Labute approximate surface area is 46.9 Å². The molecule has 0 spiro atoms. The Hall–Kier alpha value is -1.19. The number of hydroxylamine groups is 2. The number of rotatable bonds is 2. The largest absolute Gasteiger partial charge is 0.463 e. The van der Waals surface area contributed by atoms with Crippen molar-refractivity contribution in [3.05, 3.63) is 12.8 Å². The van der Waals surface area contributed by atoms with E-state index in [9.17, 15) is 4.79 Å². The molecule has 0 aromatic carbocycles. The van der Waals surface area contributed by atoms with Crippen LogP contribution in [0.25, 0.3) is 0 Å². The fourth-order valence-electron chi connectivity index (χ4n) is 0.157. The van der Waals surface area contributed by atoms with Crippen LogP contribution in [0.15, 0.2) is 12.8 Å². The molecule has 0 atom stereocenters. The van der Waals surface area contributed by atoms with Gasteiger partial charge in [0, 0.05) is 0 Å². The maximum Gasteiger partial charge on any atom is 0.440 e. The lowest BCUT2D eigenvalue weighted by Crippen LogP contribution is -2.22. The predicted molar refractivity (Wildman–Crippen MR) is 27.1 cm³/mol. The maximum absolute atomic E-state index is 9.84. The molecule has 0 unspecified atom stereocenters. The third-order valence-electron chi connectivity index (χ3n) is 0.502. The number of nitrogens with zero attached hydrogens (tertiary/aromatic N) is 1. The van der Waals surface area contributed by atoms with Crippen molar-refractivity contribution in [3.8, 4) is 0 Å². The molecule has 0 aliphatic rings. The monoisotopic (exact) mass is 117 g/mol. The van der Waals surface area contributed by atoms with Gasteiger partial charge in [0.25, 0.3) is 0 Å². The van der Waals surface area contributed by atoms with E-state index in [-0.39, 0.29) is 0 Å². The standard InChI is InChI=1S/C4H7NO3/c1-3-8-5(2)4(6)7/h3H,1H2,2H3,(H,6,7). The number of hydrogen-bond donors (Lipinski definition) is 1. The lowest BCUT2D eigenvalue weighted by molar-refractivity contribution is -0.0538. The minimum Gasteiger partial charge on any atom is -0.463 e. The molecular weight excluding hydrogens is 110 g/mol. The number of carboxylic acid groups (broad SMARTS) is 1. The summed E-state index contributed by atoms with van der Waals surface area (Å²) >= 11 is 0. The van der Waals surface area contributed by atoms with Crippen LogP contribution in [0.3, 0.4) is 0 Å². The first kappa shape index (κ1) is 6.81. The summed E-state index contributed by atoms with van der Waals surface area (Å²) in [5.41, 5.74) is 0. The molecular formula is C4H7NO3. The second-order valence-electron chi connectivity index (χ2n) is 1.05. The molecule has 1 amide bonds. The summed E-state index contributed by atoms with van der Waals surface area (Å²) in [5, 5.41) is 8.71. The van der Waals surface area contributed by atoms with E-state index in [1.165, 1.54) is 7.05 Å². The maximum atomic E-state index is 9.84. The summed E-state index contributed by atoms with van der Waals surface area (Å²) in [4.78, 5) is 14.1. The van der Waals surface area contributed by atoms with Gasteiger partial charge in [0.2, 0.25) is 0 Å². The summed E-state index contributed by atoms with van der Waals surface area (Å²) in [5.74, 6) is 0. The lowest BCUT2D eigenvalue weighted by atomic mass is 11.1. The van der Waals surface area contributed by atoms with Crippen molar-refractivity contribution in [2.24, 2.45) is 0 Å². The van der Waals surface area contributed by atoms with Gasteiger partial charge in [0.05, 0.1) is 7.05 Å². The quantitative estimate of drug-likeness (QED) is 0.427. The van der Waals surface area contributed by atoms with Crippen molar-refractivity contribution in [1.82, 2.24) is 5.06 Å². The average Bonchev–Trinajstić information content (AvgIpc) is 1.67. The average molecular weight is 117 g/mol. The van der Waals surface area contributed by atoms with E-state index in [1.54, 1.807) is 0 Å². The van der Waals surface area contributed by atoms with Crippen LogP contribution in [0, 0.1) is 0 Å². The van der Waals surface area contributed by atoms with E-state index < -0.39 is 6.09 Å². The van der Waals surface area contributed by atoms with Gasteiger partial charge in [-0.2, -0.15) is 0 Å². The van der Waals surface area contributed by atoms with Crippen LogP contribution in [0.4, 0.5) is 4.79 Å². The summed E-state index contributed by atoms with van der Waals surface area (Å²) < 4.78 is 0. The molecule has 1 N–H and O–H groups in total. The molecule has 0 fully saturated rings. The molecule has 0 bridgehead atoms. The molecule has 0 rings (SSSR count). The van der Waals surface area contributed by atoms with Crippen molar-refractivity contribution in [2.45, 2.75) is 0 Å². The van der Waals surface area contributed by atoms with Crippen LogP contribution in [0.5, 0.6) is 0 Å². The van der Waals surface area contributed by atoms with Crippen molar-refractivity contribution >= 4 is 6.09 Å². The Morgan fingerprint density at radius 1 is 2.00 bits per heavy atom. The molecule has 4 nitrogen and oxygen atoms in total. The molecule has 0 radical (unpaired) electrons. The zero-order chi connectivity index (χ0) is 6.57. The van der Waals surface area contributed by atoms with E-state index in [0.29, 0.717) is 5.06 Å². The Kier molecular flexibility index (Phi) is 2.47. The third kappa shape index (κ3) is 2.07. The van der Waals surface area contributed by atoms with Crippen LogP contribution in [0.1, 0.15) is 0 Å². The second kappa shape index (κ2) is 2.90. The summed E-state index contributed by atoms with van der Waals surface area (Å²) in [6.07, 6.45) is -0.112. The Balaban J connectivity index is 3.46. The first-order chi connectivity index (χ1) is 3.68. The van der Waals surface area contributed by atoms with Gasteiger partial charge in [-0.3, -0.25) is 0 Å². The Morgan fingerprint density at radius 3 is 2.62 bits per heavy atom. The summed E-state index contributed by atoms with van der Waals surface area (Å²) in [7, 11) is 1.27. The smallest absolute Gasteiger partial charge is 0.440 e. The van der Waals surface area contributed by atoms with Gasteiger partial charge in [-0.1, -0.05) is 6.58 Å². The van der Waals surface area contributed by atoms with Gasteiger partial charge < -0.3 is 9.94 Å². The summed E-state index contributed by atoms with van der Waals surface area (Å²) in [6.45, 7) is 3.16. The van der Waals surface area contributed by atoms with Gasteiger partial charge in [0.15, 0.2) is 0 Å². The first-order valence-corrected chi connectivity index (χ1v) is 1.93. The minimum atomic E-state index is -1.15. The van der Waals surface area contributed by atoms with Gasteiger partial charge >= 0.3 is 6.09 Å². The number of carbonyl (C=O) groups is 1. The molecule has 0 aromatic rings. The van der Waals surface area contributed by atoms with E-state index in [4.69, 9.17) is 5.11 Å². The molecule has 0 aromatic heterocycles. The van der Waals surface area contributed by atoms with E-state index in [2.05, 4.69) is 11.4 Å². The molecule has 8 heavy (non-hydrogen) atoms. The van der Waals surface area contributed by atoms with Crippen LogP contribution < -0.4 is 0 Å². The molecule has 46 valence electrons.